The van der Waals surface area contributed by atoms with E-state index < -0.39 is 0 Å². The maximum Gasteiger partial charge on any atom is 0.215 e. The van der Waals surface area contributed by atoms with E-state index in [1.165, 1.54) is 25.7 Å². The van der Waals surface area contributed by atoms with E-state index in [1.807, 2.05) is 12.1 Å². The van der Waals surface area contributed by atoms with Crippen molar-refractivity contribution in [2.24, 2.45) is 5.92 Å². The highest BCUT2D eigenvalue weighted by Crippen LogP contribution is 2.36. The van der Waals surface area contributed by atoms with Crippen molar-refractivity contribution in [1.82, 2.24) is 14.5 Å². The molecule has 0 N–H and O–H groups in total. The molecule has 1 unspecified atom stereocenters. The van der Waals surface area contributed by atoms with Gasteiger partial charge in [-0.1, -0.05) is 12.8 Å². The lowest BCUT2D eigenvalue weighted by molar-refractivity contribution is 0.358. The average molecular weight is 294 g/mol. The van der Waals surface area contributed by atoms with Crippen LogP contribution >= 0.6 is 11.6 Å². The van der Waals surface area contributed by atoms with Crippen LogP contribution in [0, 0.1) is 5.92 Å². The number of halogens is 1. The van der Waals surface area contributed by atoms with Crippen LogP contribution in [0.25, 0.3) is 11.2 Å². The molecular weight excluding hydrogens is 274 g/mol. The molecule has 1 atom stereocenters. The smallest absolute Gasteiger partial charge is 0.215 e. The van der Waals surface area contributed by atoms with E-state index in [-0.39, 0.29) is 0 Å². The van der Waals surface area contributed by atoms with Crippen molar-refractivity contribution in [1.29, 1.82) is 0 Å². The first-order valence-electron chi connectivity index (χ1n) is 7.22. The minimum atomic E-state index is 0.385. The van der Waals surface area contributed by atoms with Crippen molar-refractivity contribution in [2.75, 3.05) is 7.11 Å². The lowest BCUT2D eigenvalue weighted by atomic mass is 9.99. The number of rotatable bonds is 4. The molecule has 0 radical (unpaired) electrons. The Hall–Kier alpha value is -1.29. The minimum absolute atomic E-state index is 0.385. The van der Waals surface area contributed by atoms with Crippen molar-refractivity contribution in [3.8, 4) is 5.88 Å². The zero-order chi connectivity index (χ0) is 14.1. The topological polar surface area (TPSA) is 39.9 Å². The fourth-order valence-corrected chi connectivity index (χ4v) is 3.48. The number of nitrogens with zero attached hydrogens (tertiary/aromatic N) is 3. The molecule has 1 fully saturated rings. The Morgan fingerprint density at radius 2 is 2.10 bits per heavy atom. The standard InChI is InChI=1S/C15H20ClN3O/c1-10(11-5-3-4-6-11)19-13(9-16)17-12-7-8-14(20-2)18-15(12)19/h7-8,10-11H,3-6,9H2,1-2H3. The summed E-state index contributed by atoms with van der Waals surface area (Å²) in [6, 6.07) is 4.18. The predicted molar refractivity (Wildman–Crippen MR) is 80.3 cm³/mol. The Morgan fingerprint density at radius 1 is 1.35 bits per heavy atom. The van der Waals surface area contributed by atoms with Crippen LogP contribution in [0.5, 0.6) is 5.88 Å². The molecule has 2 aromatic rings. The first-order valence-corrected chi connectivity index (χ1v) is 7.76. The van der Waals surface area contributed by atoms with Crippen LogP contribution in [0.2, 0.25) is 0 Å². The van der Waals surface area contributed by atoms with Gasteiger partial charge in [-0.2, -0.15) is 4.98 Å². The Bertz CT molecular complexity index is 604. The Balaban J connectivity index is 2.10. The molecule has 1 aliphatic rings. The third kappa shape index (κ3) is 2.26. The number of imidazole rings is 1. The molecule has 3 rings (SSSR count). The quantitative estimate of drug-likeness (QED) is 0.802. The molecule has 5 heteroatoms. The second kappa shape index (κ2) is 5.60. The van der Waals surface area contributed by atoms with Gasteiger partial charge in [-0.25, -0.2) is 4.98 Å². The van der Waals surface area contributed by atoms with Gasteiger partial charge in [0.1, 0.15) is 11.3 Å². The zero-order valence-corrected chi connectivity index (χ0v) is 12.7. The molecule has 0 aromatic carbocycles. The van der Waals surface area contributed by atoms with Gasteiger partial charge in [0, 0.05) is 12.1 Å². The number of alkyl halides is 1. The number of ether oxygens (including phenoxy) is 1. The number of fused-ring (bicyclic) bond motifs is 1. The van der Waals surface area contributed by atoms with Gasteiger partial charge in [0.15, 0.2) is 5.65 Å². The fraction of sp³-hybridized carbons (Fsp3) is 0.600. The van der Waals surface area contributed by atoms with Gasteiger partial charge in [-0.3, -0.25) is 0 Å². The number of aromatic nitrogens is 3. The van der Waals surface area contributed by atoms with Gasteiger partial charge in [0.2, 0.25) is 5.88 Å². The highest BCUT2D eigenvalue weighted by atomic mass is 35.5. The summed E-state index contributed by atoms with van der Waals surface area (Å²) in [6.45, 7) is 2.26. The van der Waals surface area contributed by atoms with Gasteiger partial charge in [0.05, 0.1) is 13.0 Å². The summed E-state index contributed by atoms with van der Waals surface area (Å²) < 4.78 is 7.45. The maximum absolute atomic E-state index is 6.09. The van der Waals surface area contributed by atoms with Crippen LogP contribution < -0.4 is 4.74 Å². The molecule has 2 heterocycles. The number of pyridine rings is 1. The largest absolute Gasteiger partial charge is 0.481 e. The average Bonchev–Trinajstić information content (AvgIpc) is 3.12. The van der Waals surface area contributed by atoms with Gasteiger partial charge in [-0.05, 0) is 31.7 Å². The van der Waals surface area contributed by atoms with Gasteiger partial charge >= 0.3 is 0 Å². The second-order valence-corrected chi connectivity index (χ2v) is 5.78. The number of hydrogen-bond donors (Lipinski definition) is 0. The van der Waals surface area contributed by atoms with E-state index in [4.69, 9.17) is 16.3 Å². The van der Waals surface area contributed by atoms with Crippen LogP contribution in [0.15, 0.2) is 12.1 Å². The summed E-state index contributed by atoms with van der Waals surface area (Å²) in [4.78, 5) is 9.19. The van der Waals surface area contributed by atoms with Gasteiger partial charge < -0.3 is 9.30 Å². The summed E-state index contributed by atoms with van der Waals surface area (Å²) in [5.41, 5.74) is 1.78. The zero-order valence-electron chi connectivity index (χ0n) is 12.0. The molecule has 0 bridgehead atoms. The van der Waals surface area contributed by atoms with Crippen molar-refractivity contribution in [2.45, 2.75) is 44.5 Å². The Kier molecular flexibility index (Phi) is 3.83. The summed E-state index contributed by atoms with van der Waals surface area (Å²) in [7, 11) is 1.64. The number of methoxy groups -OCH3 is 1. The van der Waals surface area contributed by atoms with Crippen molar-refractivity contribution in [3.05, 3.63) is 18.0 Å². The minimum Gasteiger partial charge on any atom is -0.481 e. The molecule has 0 saturated heterocycles. The monoisotopic (exact) mass is 293 g/mol. The summed E-state index contributed by atoms with van der Waals surface area (Å²) in [5.74, 6) is 2.64. The van der Waals surface area contributed by atoms with E-state index >= 15 is 0 Å². The normalized spacial score (nSPS) is 17.8. The van der Waals surface area contributed by atoms with Crippen molar-refractivity contribution < 1.29 is 4.74 Å². The molecule has 20 heavy (non-hydrogen) atoms. The third-order valence-corrected chi connectivity index (χ3v) is 4.64. The molecule has 0 aliphatic heterocycles. The SMILES string of the molecule is COc1ccc2nc(CCl)n(C(C)C3CCCC3)c2n1. The molecule has 0 spiro atoms. The summed E-state index contributed by atoms with van der Waals surface area (Å²) in [6.07, 6.45) is 5.22. The summed E-state index contributed by atoms with van der Waals surface area (Å²) in [5, 5.41) is 0. The third-order valence-electron chi connectivity index (χ3n) is 4.40. The van der Waals surface area contributed by atoms with Crippen LogP contribution in [0.4, 0.5) is 0 Å². The van der Waals surface area contributed by atoms with Crippen molar-refractivity contribution in [3.63, 3.8) is 0 Å². The molecular formula is C15H20ClN3O. The molecule has 2 aromatic heterocycles. The Morgan fingerprint density at radius 3 is 2.75 bits per heavy atom. The van der Waals surface area contributed by atoms with E-state index in [9.17, 15) is 0 Å². The van der Waals surface area contributed by atoms with Crippen LogP contribution in [-0.2, 0) is 5.88 Å². The van der Waals surface area contributed by atoms with Crippen LogP contribution in [-0.4, -0.2) is 21.6 Å². The van der Waals surface area contributed by atoms with Crippen molar-refractivity contribution >= 4 is 22.8 Å². The molecule has 0 amide bonds. The van der Waals surface area contributed by atoms with Crippen LogP contribution in [0.1, 0.15) is 44.5 Å². The fourth-order valence-electron chi connectivity index (χ4n) is 3.29. The van der Waals surface area contributed by atoms with Gasteiger partial charge in [0.25, 0.3) is 0 Å². The molecule has 1 saturated carbocycles. The van der Waals surface area contributed by atoms with E-state index in [2.05, 4.69) is 21.5 Å². The number of hydrogen-bond acceptors (Lipinski definition) is 3. The molecule has 1 aliphatic carbocycles. The predicted octanol–water partition coefficient (Wildman–Crippen LogP) is 3.93. The lowest BCUT2D eigenvalue weighted by Gasteiger charge is -2.22. The highest BCUT2D eigenvalue weighted by Gasteiger charge is 2.26. The van der Waals surface area contributed by atoms with E-state index in [1.54, 1.807) is 7.11 Å². The van der Waals surface area contributed by atoms with Gasteiger partial charge in [-0.15, -0.1) is 11.6 Å². The highest BCUT2D eigenvalue weighted by molar-refractivity contribution is 6.16. The lowest BCUT2D eigenvalue weighted by Crippen LogP contribution is -2.16. The molecule has 108 valence electrons. The Labute approximate surface area is 124 Å². The first-order chi connectivity index (χ1) is 9.74. The maximum atomic E-state index is 6.09. The van der Waals surface area contributed by atoms with E-state index in [0.717, 1.165) is 17.0 Å². The van der Waals surface area contributed by atoms with E-state index in [0.29, 0.717) is 23.7 Å². The van der Waals surface area contributed by atoms with Crippen LogP contribution in [0.3, 0.4) is 0 Å². The summed E-state index contributed by atoms with van der Waals surface area (Å²) >= 11 is 6.09. The first kappa shape index (κ1) is 13.7. The molecule has 4 nitrogen and oxygen atoms in total. The second-order valence-electron chi connectivity index (χ2n) is 5.51.